The number of pyridine rings is 1. The molecule has 2 fully saturated rings. The fraction of sp³-hybridized carbons (Fsp3) is 0.348. The SMILES string of the molecule is Cc1nc(-c2cc3c(N4C[C@@H](C)[C@@](C#N)(C5CC5)C4=O)ccnn3c2)ccc1C#N. The molecule has 7 nitrogen and oxygen atoms in total. The quantitative estimate of drug-likeness (QED) is 0.675. The number of carbonyl (C=O) groups is 1. The molecular weight excluding hydrogens is 376 g/mol. The largest absolute Gasteiger partial charge is 0.309 e. The Balaban J connectivity index is 1.59. The van der Waals surface area contributed by atoms with Gasteiger partial charge in [0.05, 0.1) is 34.2 Å². The Bertz CT molecular complexity index is 1280. The van der Waals surface area contributed by atoms with E-state index in [1.165, 1.54) is 0 Å². The van der Waals surface area contributed by atoms with Gasteiger partial charge in [-0.1, -0.05) is 6.92 Å². The third kappa shape index (κ3) is 2.45. The van der Waals surface area contributed by atoms with Crippen LogP contribution in [0.1, 0.15) is 31.0 Å². The van der Waals surface area contributed by atoms with Gasteiger partial charge in [0.2, 0.25) is 5.91 Å². The van der Waals surface area contributed by atoms with E-state index in [-0.39, 0.29) is 17.7 Å². The summed E-state index contributed by atoms with van der Waals surface area (Å²) in [6, 6.07) is 11.9. The lowest BCUT2D eigenvalue weighted by Gasteiger charge is -2.23. The van der Waals surface area contributed by atoms with E-state index in [0.29, 0.717) is 17.8 Å². The predicted molar refractivity (Wildman–Crippen MR) is 110 cm³/mol. The summed E-state index contributed by atoms with van der Waals surface area (Å²) in [5, 5.41) is 23.5. The van der Waals surface area contributed by atoms with Crippen molar-refractivity contribution >= 4 is 17.1 Å². The van der Waals surface area contributed by atoms with Gasteiger partial charge in [-0.25, -0.2) is 4.52 Å². The lowest BCUT2D eigenvalue weighted by atomic mass is 9.75. The number of nitrogens with zero attached hydrogens (tertiary/aromatic N) is 6. The summed E-state index contributed by atoms with van der Waals surface area (Å²) in [6.45, 7) is 4.34. The highest BCUT2D eigenvalue weighted by molar-refractivity contribution is 6.05. The fourth-order valence-corrected chi connectivity index (χ4v) is 4.72. The van der Waals surface area contributed by atoms with Crippen molar-refractivity contribution in [3.63, 3.8) is 0 Å². The normalized spacial score (nSPS) is 23.5. The van der Waals surface area contributed by atoms with Crippen molar-refractivity contribution in [2.24, 2.45) is 17.3 Å². The van der Waals surface area contributed by atoms with Gasteiger partial charge in [0.25, 0.3) is 0 Å². The molecule has 1 amide bonds. The average Bonchev–Trinajstić information content (AvgIpc) is 3.44. The van der Waals surface area contributed by atoms with Gasteiger partial charge in [-0.2, -0.15) is 15.6 Å². The third-order valence-corrected chi connectivity index (χ3v) is 6.52. The van der Waals surface area contributed by atoms with E-state index in [4.69, 9.17) is 5.26 Å². The number of amides is 1. The molecule has 5 rings (SSSR count). The van der Waals surface area contributed by atoms with E-state index < -0.39 is 5.41 Å². The van der Waals surface area contributed by atoms with Crippen molar-refractivity contribution in [2.45, 2.75) is 26.7 Å². The van der Waals surface area contributed by atoms with Crippen molar-refractivity contribution in [1.82, 2.24) is 14.6 Å². The summed E-state index contributed by atoms with van der Waals surface area (Å²) < 4.78 is 1.74. The molecule has 1 aliphatic carbocycles. The van der Waals surface area contributed by atoms with Crippen LogP contribution < -0.4 is 4.90 Å². The maximum Gasteiger partial charge on any atom is 0.248 e. The Labute approximate surface area is 174 Å². The maximum atomic E-state index is 13.4. The number of carbonyl (C=O) groups excluding carboxylic acids is 1. The van der Waals surface area contributed by atoms with Crippen LogP contribution in [-0.2, 0) is 4.79 Å². The first-order valence-corrected chi connectivity index (χ1v) is 10.1. The molecule has 3 aromatic heterocycles. The molecule has 0 radical (unpaired) electrons. The van der Waals surface area contributed by atoms with Gasteiger partial charge >= 0.3 is 0 Å². The molecule has 148 valence electrons. The van der Waals surface area contributed by atoms with Crippen molar-refractivity contribution in [3.8, 4) is 23.4 Å². The minimum Gasteiger partial charge on any atom is -0.309 e. The first-order valence-electron chi connectivity index (χ1n) is 10.1. The van der Waals surface area contributed by atoms with Gasteiger partial charge in [-0.05, 0) is 49.9 Å². The number of fused-ring (bicyclic) bond motifs is 1. The lowest BCUT2D eigenvalue weighted by molar-refractivity contribution is -0.124. The minimum absolute atomic E-state index is 0.0204. The van der Waals surface area contributed by atoms with E-state index in [0.717, 1.165) is 35.3 Å². The van der Waals surface area contributed by atoms with Crippen LogP contribution in [0, 0.1) is 46.8 Å². The van der Waals surface area contributed by atoms with E-state index >= 15 is 0 Å². The average molecular weight is 396 g/mol. The molecule has 1 saturated heterocycles. The second kappa shape index (κ2) is 6.40. The molecule has 2 atom stereocenters. The molecule has 0 aromatic carbocycles. The predicted octanol–water partition coefficient (Wildman–Crippen LogP) is 3.48. The highest BCUT2D eigenvalue weighted by Gasteiger charge is 2.61. The van der Waals surface area contributed by atoms with Crippen molar-refractivity contribution < 1.29 is 4.79 Å². The minimum atomic E-state index is -0.915. The number of aromatic nitrogens is 3. The fourth-order valence-electron chi connectivity index (χ4n) is 4.72. The Morgan fingerprint density at radius 3 is 2.70 bits per heavy atom. The highest BCUT2D eigenvalue weighted by atomic mass is 16.2. The van der Waals surface area contributed by atoms with Crippen molar-refractivity contribution in [2.75, 3.05) is 11.4 Å². The lowest BCUT2D eigenvalue weighted by Crippen LogP contribution is -2.37. The van der Waals surface area contributed by atoms with Crippen LogP contribution in [0.2, 0.25) is 0 Å². The van der Waals surface area contributed by atoms with Gasteiger partial charge in [-0.3, -0.25) is 9.78 Å². The molecule has 0 N–H and O–H groups in total. The number of anilines is 1. The van der Waals surface area contributed by atoms with Gasteiger partial charge in [0, 0.05) is 30.4 Å². The van der Waals surface area contributed by atoms with Crippen LogP contribution >= 0.6 is 0 Å². The molecular formula is C23H20N6O. The molecule has 4 heterocycles. The summed E-state index contributed by atoms with van der Waals surface area (Å²) in [7, 11) is 0. The first-order chi connectivity index (χ1) is 14.5. The van der Waals surface area contributed by atoms with Crippen LogP contribution in [0.25, 0.3) is 16.8 Å². The van der Waals surface area contributed by atoms with E-state index in [1.54, 1.807) is 21.7 Å². The molecule has 0 bridgehead atoms. The molecule has 0 spiro atoms. The number of nitriles is 2. The summed E-state index contributed by atoms with van der Waals surface area (Å²) in [5.41, 5.74) is 3.46. The maximum absolute atomic E-state index is 13.4. The van der Waals surface area contributed by atoms with Crippen LogP contribution in [0.4, 0.5) is 5.69 Å². The highest BCUT2D eigenvalue weighted by Crippen LogP contribution is 2.54. The topological polar surface area (TPSA) is 98.1 Å². The van der Waals surface area contributed by atoms with Gasteiger partial charge < -0.3 is 4.90 Å². The molecule has 7 heteroatoms. The molecule has 1 saturated carbocycles. The smallest absolute Gasteiger partial charge is 0.248 e. The standard InChI is InChI=1S/C23H20N6O/c1-14-11-28(22(30)23(14,13-25)18-4-5-18)20-7-8-26-29-12-17(9-21(20)29)19-6-3-16(10-24)15(2)27-19/h3,6-9,12,14,18H,4-5,11H2,1-2H3/t14-,23+/m1/s1. The van der Waals surface area contributed by atoms with Gasteiger partial charge in [-0.15, -0.1) is 0 Å². The first kappa shape index (κ1) is 18.3. The number of hydrogen-bond acceptors (Lipinski definition) is 5. The molecule has 0 unspecified atom stereocenters. The number of aryl methyl sites for hydroxylation is 1. The summed E-state index contributed by atoms with van der Waals surface area (Å²) in [5.74, 6) is 0.0530. The summed E-state index contributed by atoms with van der Waals surface area (Å²) in [6.07, 6.45) is 5.44. The van der Waals surface area contributed by atoms with Gasteiger partial charge in [0.15, 0.2) is 0 Å². The Hall–Kier alpha value is -3.71. The van der Waals surface area contributed by atoms with Crippen molar-refractivity contribution in [1.29, 1.82) is 10.5 Å². The number of hydrogen-bond donors (Lipinski definition) is 0. The van der Waals surface area contributed by atoms with Crippen molar-refractivity contribution in [3.05, 3.63) is 47.9 Å². The van der Waals surface area contributed by atoms with Crippen LogP contribution in [-0.4, -0.2) is 27.0 Å². The molecule has 3 aromatic rings. The molecule has 30 heavy (non-hydrogen) atoms. The third-order valence-electron chi connectivity index (χ3n) is 6.52. The molecule has 2 aliphatic rings. The zero-order valence-electron chi connectivity index (χ0n) is 16.8. The molecule has 1 aliphatic heterocycles. The monoisotopic (exact) mass is 396 g/mol. The van der Waals surface area contributed by atoms with Crippen LogP contribution in [0.3, 0.4) is 0 Å². The number of rotatable bonds is 3. The van der Waals surface area contributed by atoms with Crippen LogP contribution in [0.5, 0.6) is 0 Å². The van der Waals surface area contributed by atoms with E-state index in [1.807, 2.05) is 38.2 Å². The summed E-state index contributed by atoms with van der Waals surface area (Å²) >= 11 is 0. The second-order valence-electron chi connectivity index (χ2n) is 8.29. The Morgan fingerprint density at radius 2 is 2.03 bits per heavy atom. The van der Waals surface area contributed by atoms with Gasteiger partial charge in [0.1, 0.15) is 11.5 Å². The van der Waals surface area contributed by atoms with E-state index in [9.17, 15) is 10.1 Å². The second-order valence-corrected chi connectivity index (χ2v) is 8.29. The van der Waals surface area contributed by atoms with Crippen LogP contribution in [0.15, 0.2) is 36.7 Å². The zero-order valence-corrected chi connectivity index (χ0v) is 16.8. The van der Waals surface area contributed by atoms with E-state index in [2.05, 4.69) is 22.2 Å². The Morgan fingerprint density at radius 1 is 1.23 bits per heavy atom. The Kier molecular flexibility index (Phi) is 3.91. The zero-order chi connectivity index (χ0) is 21.0. The summed E-state index contributed by atoms with van der Waals surface area (Å²) in [4.78, 5) is 19.7.